The van der Waals surface area contributed by atoms with Crippen LogP contribution in [-0.2, 0) is 16.6 Å². The molecule has 0 bridgehead atoms. The SMILES string of the molecule is C#CCN1C(=O)C(OC)C1c1cc2ccccc2n1C. The summed E-state index contributed by atoms with van der Waals surface area (Å²) in [5.41, 5.74) is 2.19. The molecule has 102 valence electrons. The molecule has 0 spiro atoms. The predicted molar refractivity (Wildman–Crippen MR) is 77.0 cm³/mol. The second kappa shape index (κ2) is 4.69. The van der Waals surface area contributed by atoms with Crippen molar-refractivity contribution in [3.63, 3.8) is 0 Å². The number of para-hydroxylation sites is 1. The monoisotopic (exact) mass is 268 g/mol. The molecule has 1 saturated heterocycles. The van der Waals surface area contributed by atoms with Gasteiger partial charge in [-0.15, -0.1) is 6.42 Å². The number of carbonyl (C=O) groups excluding carboxylic acids is 1. The summed E-state index contributed by atoms with van der Waals surface area (Å²) >= 11 is 0. The molecule has 0 aliphatic carbocycles. The zero-order valence-electron chi connectivity index (χ0n) is 11.5. The van der Waals surface area contributed by atoms with E-state index in [-0.39, 0.29) is 11.9 Å². The number of fused-ring (bicyclic) bond motifs is 1. The molecule has 0 N–H and O–H groups in total. The van der Waals surface area contributed by atoms with Gasteiger partial charge in [0.1, 0.15) is 6.04 Å². The molecule has 4 nitrogen and oxygen atoms in total. The Morgan fingerprint density at radius 1 is 1.40 bits per heavy atom. The minimum atomic E-state index is -0.439. The van der Waals surface area contributed by atoms with Crippen molar-refractivity contribution in [2.24, 2.45) is 7.05 Å². The number of amides is 1. The minimum Gasteiger partial charge on any atom is -0.369 e. The fourth-order valence-electron chi connectivity index (χ4n) is 2.93. The zero-order valence-corrected chi connectivity index (χ0v) is 11.5. The van der Waals surface area contributed by atoms with E-state index in [4.69, 9.17) is 11.2 Å². The van der Waals surface area contributed by atoms with E-state index in [2.05, 4.69) is 28.7 Å². The summed E-state index contributed by atoms with van der Waals surface area (Å²) in [4.78, 5) is 13.7. The number of likely N-dealkylation sites (tertiary alicyclic amines) is 1. The number of aromatic nitrogens is 1. The molecule has 0 saturated carbocycles. The van der Waals surface area contributed by atoms with Crippen molar-refractivity contribution in [3.8, 4) is 12.3 Å². The summed E-state index contributed by atoms with van der Waals surface area (Å²) in [7, 11) is 3.56. The Bertz CT molecular complexity index is 711. The molecule has 1 aromatic heterocycles. The summed E-state index contributed by atoms with van der Waals surface area (Å²) in [5, 5.41) is 1.15. The summed E-state index contributed by atoms with van der Waals surface area (Å²) in [6, 6.07) is 10.1. The number of methoxy groups -OCH3 is 1. The van der Waals surface area contributed by atoms with Gasteiger partial charge in [0.2, 0.25) is 0 Å². The maximum Gasteiger partial charge on any atom is 0.255 e. The highest BCUT2D eigenvalue weighted by atomic mass is 16.5. The second-order valence-corrected chi connectivity index (χ2v) is 4.96. The number of carbonyl (C=O) groups is 1. The molecule has 1 fully saturated rings. The number of hydrogen-bond acceptors (Lipinski definition) is 2. The molecule has 1 aromatic carbocycles. The molecule has 1 amide bonds. The van der Waals surface area contributed by atoms with Crippen molar-refractivity contribution < 1.29 is 9.53 Å². The molecule has 3 rings (SSSR count). The molecular formula is C16H16N2O2. The Morgan fingerprint density at radius 3 is 2.80 bits per heavy atom. The Morgan fingerprint density at radius 2 is 2.15 bits per heavy atom. The third kappa shape index (κ3) is 1.64. The highest BCUT2D eigenvalue weighted by molar-refractivity contribution is 5.90. The van der Waals surface area contributed by atoms with Gasteiger partial charge in [0.05, 0.1) is 6.54 Å². The van der Waals surface area contributed by atoms with Crippen molar-refractivity contribution in [1.82, 2.24) is 9.47 Å². The van der Waals surface area contributed by atoms with Crippen molar-refractivity contribution in [2.75, 3.05) is 13.7 Å². The molecule has 20 heavy (non-hydrogen) atoms. The van der Waals surface area contributed by atoms with E-state index in [1.165, 1.54) is 0 Å². The molecule has 2 unspecified atom stereocenters. The Labute approximate surface area is 117 Å². The summed E-state index contributed by atoms with van der Waals surface area (Å²) < 4.78 is 7.42. The quantitative estimate of drug-likeness (QED) is 0.627. The highest BCUT2D eigenvalue weighted by Gasteiger charge is 2.49. The standard InChI is InChI=1S/C16H16N2O2/c1-4-9-18-14(15(20-3)16(18)19)13-10-11-7-5-6-8-12(11)17(13)2/h1,5-8,10,14-15H,9H2,2-3H3. The van der Waals surface area contributed by atoms with Crippen LogP contribution in [0.1, 0.15) is 11.7 Å². The third-order valence-corrected chi connectivity index (χ3v) is 3.96. The number of rotatable bonds is 3. The number of hydrogen-bond donors (Lipinski definition) is 0. The first-order valence-electron chi connectivity index (χ1n) is 6.50. The average Bonchev–Trinajstić information content (AvgIpc) is 2.79. The van der Waals surface area contributed by atoms with Crippen LogP contribution in [0.4, 0.5) is 0 Å². The van der Waals surface area contributed by atoms with E-state index in [1.54, 1.807) is 12.0 Å². The van der Waals surface area contributed by atoms with Crippen LogP contribution in [0, 0.1) is 12.3 Å². The molecular weight excluding hydrogens is 252 g/mol. The van der Waals surface area contributed by atoms with Crippen LogP contribution in [0.5, 0.6) is 0 Å². The highest BCUT2D eigenvalue weighted by Crippen LogP contribution is 2.38. The van der Waals surface area contributed by atoms with Crippen LogP contribution in [0.2, 0.25) is 0 Å². The van der Waals surface area contributed by atoms with Gasteiger partial charge in [-0.3, -0.25) is 4.79 Å². The lowest BCUT2D eigenvalue weighted by atomic mass is 9.94. The summed E-state index contributed by atoms with van der Waals surface area (Å²) in [5.74, 6) is 2.50. The lowest BCUT2D eigenvalue weighted by molar-refractivity contribution is -0.170. The van der Waals surface area contributed by atoms with Crippen molar-refractivity contribution in [2.45, 2.75) is 12.1 Å². The third-order valence-electron chi connectivity index (χ3n) is 3.96. The fraction of sp³-hybridized carbons (Fsp3) is 0.312. The van der Waals surface area contributed by atoms with Gasteiger partial charge < -0.3 is 14.2 Å². The van der Waals surface area contributed by atoms with Crippen LogP contribution in [0.25, 0.3) is 10.9 Å². The van der Waals surface area contributed by atoms with E-state index in [1.807, 2.05) is 19.2 Å². The Hall–Kier alpha value is -2.25. The fourth-order valence-corrected chi connectivity index (χ4v) is 2.93. The number of benzene rings is 1. The molecule has 4 heteroatoms. The lowest BCUT2D eigenvalue weighted by Gasteiger charge is -2.45. The summed E-state index contributed by atoms with van der Waals surface area (Å²) in [6.45, 7) is 0.310. The smallest absolute Gasteiger partial charge is 0.255 e. The molecule has 2 heterocycles. The van der Waals surface area contributed by atoms with E-state index in [0.717, 1.165) is 16.6 Å². The molecule has 1 aliphatic heterocycles. The van der Waals surface area contributed by atoms with E-state index in [9.17, 15) is 4.79 Å². The normalized spacial score (nSPS) is 21.9. The first kappa shape index (κ1) is 12.8. The Balaban J connectivity index is 2.07. The predicted octanol–water partition coefficient (Wildman–Crippen LogP) is 1.71. The topological polar surface area (TPSA) is 34.5 Å². The van der Waals surface area contributed by atoms with Gasteiger partial charge in [-0.05, 0) is 17.5 Å². The lowest BCUT2D eigenvalue weighted by Crippen LogP contribution is -2.59. The van der Waals surface area contributed by atoms with Gasteiger partial charge in [0.25, 0.3) is 5.91 Å². The number of aryl methyl sites for hydroxylation is 1. The van der Waals surface area contributed by atoms with E-state index in [0.29, 0.717) is 6.54 Å². The number of ether oxygens (including phenoxy) is 1. The number of nitrogens with zero attached hydrogens (tertiary/aromatic N) is 2. The maximum atomic E-state index is 12.0. The van der Waals surface area contributed by atoms with Crippen LogP contribution < -0.4 is 0 Å². The van der Waals surface area contributed by atoms with E-state index >= 15 is 0 Å². The molecule has 2 atom stereocenters. The largest absolute Gasteiger partial charge is 0.369 e. The Kier molecular flexibility index (Phi) is 3.00. The van der Waals surface area contributed by atoms with Crippen molar-refractivity contribution >= 4 is 16.8 Å². The van der Waals surface area contributed by atoms with Gasteiger partial charge in [-0.1, -0.05) is 24.1 Å². The molecule has 2 aromatic rings. The van der Waals surface area contributed by atoms with Gasteiger partial charge in [-0.25, -0.2) is 0 Å². The average molecular weight is 268 g/mol. The van der Waals surface area contributed by atoms with Crippen molar-refractivity contribution in [1.29, 1.82) is 0 Å². The van der Waals surface area contributed by atoms with Crippen LogP contribution in [-0.4, -0.2) is 35.1 Å². The first-order chi connectivity index (χ1) is 9.69. The van der Waals surface area contributed by atoms with Gasteiger partial charge in [0.15, 0.2) is 6.10 Å². The molecule has 0 radical (unpaired) electrons. The first-order valence-corrected chi connectivity index (χ1v) is 6.50. The summed E-state index contributed by atoms with van der Waals surface area (Å²) in [6.07, 6.45) is 4.91. The van der Waals surface area contributed by atoms with Gasteiger partial charge in [0, 0.05) is 25.4 Å². The number of β-lactam (4-membered cyclic amide) rings is 1. The zero-order chi connectivity index (χ0) is 14.3. The second-order valence-electron chi connectivity index (χ2n) is 4.96. The van der Waals surface area contributed by atoms with Crippen molar-refractivity contribution in [3.05, 3.63) is 36.0 Å². The molecule has 1 aliphatic rings. The van der Waals surface area contributed by atoms with Gasteiger partial charge in [-0.2, -0.15) is 0 Å². The van der Waals surface area contributed by atoms with Crippen LogP contribution in [0.3, 0.4) is 0 Å². The van der Waals surface area contributed by atoms with Crippen LogP contribution in [0.15, 0.2) is 30.3 Å². The van der Waals surface area contributed by atoms with Crippen LogP contribution >= 0.6 is 0 Å². The van der Waals surface area contributed by atoms with Gasteiger partial charge >= 0.3 is 0 Å². The maximum absolute atomic E-state index is 12.0. The number of terminal acetylenes is 1. The minimum absolute atomic E-state index is 0.0410. The van der Waals surface area contributed by atoms with E-state index < -0.39 is 6.10 Å².